The molecule has 3 rings (SSSR count). The average Bonchev–Trinajstić information content (AvgIpc) is 3.38. The van der Waals surface area contributed by atoms with Crippen LogP contribution in [0, 0.1) is 23.0 Å². The zero-order valence-corrected chi connectivity index (χ0v) is 17.6. The minimum absolute atomic E-state index is 0.135. The number of benzene rings is 1. The molecule has 30 heavy (non-hydrogen) atoms. The van der Waals surface area contributed by atoms with Gasteiger partial charge in [-0.1, -0.05) is 0 Å². The molecule has 164 valence electrons. The second kappa shape index (κ2) is 8.32. The zero-order valence-electron chi connectivity index (χ0n) is 17.6. The van der Waals surface area contributed by atoms with Crippen LogP contribution in [-0.2, 0) is 9.53 Å². The summed E-state index contributed by atoms with van der Waals surface area (Å²) in [6, 6.07) is 2.44. The van der Waals surface area contributed by atoms with E-state index in [1.165, 1.54) is 12.1 Å². The largest absolute Gasteiger partial charge is 0.444 e. The summed E-state index contributed by atoms with van der Waals surface area (Å²) < 4.78 is 32.7. The lowest BCUT2D eigenvalue weighted by Gasteiger charge is -2.40. The number of nitrogens with one attached hydrogen (secondary N) is 2. The maximum Gasteiger partial charge on any atom is 0.410 e. The van der Waals surface area contributed by atoms with Gasteiger partial charge in [-0.2, -0.15) is 0 Å². The van der Waals surface area contributed by atoms with Gasteiger partial charge in [0.1, 0.15) is 17.2 Å². The van der Waals surface area contributed by atoms with E-state index in [1.54, 1.807) is 4.90 Å². The molecule has 1 aromatic carbocycles. The van der Waals surface area contributed by atoms with Gasteiger partial charge < -0.3 is 20.4 Å². The predicted octanol–water partition coefficient (Wildman–Crippen LogP) is 4.34. The molecule has 2 unspecified atom stereocenters. The lowest BCUT2D eigenvalue weighted by atomic mass is 9.88. The Morgan fingerprint density at radius 2 is 1.93 bits per heavy atom. The molecule has 1 saturated carbocycles. The number of ether oxygens (including phenoxy) is 1. The molecule has 2 aliphatic rings. The molecule has 2 amide bonds. The van der Waals surface area contributed by atoms with Crippen molar-refractivity contribution in [1.29, 1.82) is 5.41 Å². The van der Waals surface area contributed by atoms with Crippen molar-refractivity contribution in [2.75, 3.05) is 6.54 Å². The van der Waals surface area contributed by atoms with Gasteiger partial charge in [-0.05, 0) is 70.4 Å². The van der Waals surface area contributed by atoms with Crippen LogP contribution in [0.25, 0.3) is 0 Å². The Morgan fingerprint density at radius 3 is 2.47 bits per heavy atom. The Kier molecular flexibility index (Phi) is 6.15. The fraction of sp³-hybridized carbons (Fsp3) is 0.591. The predicted molar refractivity (Wildman–Crippen MR) is 108 cm³/mol. The Bertz CT molecular complexity index is 813. The highest BCUT2D eigenvalue weighted by atomic mass is 19.1. The number of rotatable bonds is 5. The normalized spacial score (nSPS) is 21.1. The third-order valence-electron chi connectivity index (χ3n) is 5.67. The van der Waals surface area contributed by atoms with Crippen molar-refractivity contribution in [1.82, 2.24) is 10.2 Å². The van der Waals surface area contributed by atoms with Crippen molar-refractivity contribution >= 4 is 18.2 Å². The first-order valence-corrected chi connectivity index (χ1v) is 10.3. The average molecular weight is 421 g/mol. The third kappa shape index (κ3) is 5.15. The monoisotopic (exact) mass is 421 g/mol. The number of carbonyl (C=O) groups excluding carboxylic acids is 2. The van der Waals surface area contributed by atoms with Gasteiger partial charge in [-0.15, -0.1) is 0 Å². The second-order valence-electron chi connectivity index (χ2n) is 9.25. The molecular weight excluding hydrogens is 392 g/mol. The van der Waals surface area contributed by atoms with Crippen LogP contribution in [0.5, 0.6) is 0 Å². The Labute approximate surface area is 175 Å². The number of hydrogen-bond donors (Lipinski definition) is 2. The van der Waals surface area contributed by atoms with Crippen LogP contribution in [0.2, 0.25) is 0 Å². The maximum absolute atomic E-state index is 13.6. The fourth-order valence-electron chi connectivity index (χ4n) is 4.10. The van der Waals surface area contributed by atoms with E-state index in [9.17, 15) is 18.4 Å². The number of piperidine rings is 1. The van der Waals surface area contributed by atoms with Crippen LogP contribution in [0.4, 0.5) is 13.6 Å². The van der Waals surface area contributed by atoms with Crippen molar-refractivity contribution < 1.29 is 23.1 Å². The smallest absolute Gasteiger partial charge is 0.410 e. The van der Waals surface area contributed by atoms with Gasteiger partial charge in [0.15, 0.2) is 0 Å². The van der Waals surface area contributed by atoms with E-state index in [0.717, 1.165) is 25.1 Å². The molecule has 1 aliphatic heterocycles. The van der Waals surface area contributed by atoms with Crippen molar-refractivity contribution in [2.45, 2.75) is 70.1 Å². The number of nitrogens with zero attached hydrogens (tertiary/aromatic N) is 1. The number of carbonyl (C=O) groups is 2. The van der Waals surface area contributed by atoms with E-state index in [1.807, 2.05) is 20.8 Å². The molecule has 2 N–H and O–H groups in total. The van der Waals surface area contributed by atoms with E-state index in [-0.39, 0.29) is 35.4 Å². The summed E-state index contributed by atoms with van der Waals surface area (Å²) in [6.45, 7) is 5.90. The molecule has 0 aromatic heterocycles. The SMILES string of the molecule is CC(C)(C)OC(=O)N1CCC(C(=O)NC(CC=N)c2cc(F)cc(F)c2)CC12CC2. The topological polar surface area (TPSA) is 82.5 Å². The molecule has 0 radical (unpaired) electrons. The Morgan fingerprint density at radius 1 is 1.30 bits per heavy atom. The first-order chi connectivity index (χ1) is 14.0. The van der Waals surface area contributed by atoms with E-state index >= 15 is 0 Å². The molecule has 2 atom stereocenters. The highest BCUT2D eigenvalue weighted by Gasteiger charge is 2.55. The van der Waals surface area contributed by atoms with Crippen molar-refractivity contribution in [3.63, 3.8) is 0 Å². The molecule has 6 nitrogen and oxygen atoms in total. The van der Waals surface area contributed by atoms with E-state index in [4.69, 9.17) is 10.1 Å². The number of amides is 2. The van der Waals surface area contributed by atoms with Gasteiger partial charge in [0.05, 0.1) is 6.04 Å². The zero-order chi connectivity index (χ0) is 22.1. The van der Waals surface area contributed by atoms with E-state index in [0.29, 0.717) is 19.4 Å². The van der Waals surface area contributed by atoms with Gasteiger partial charge in [-0.3, -0.25) is 4.79 Å². The summed E-state index contributed by atoms with van der Waals surface area (Å²) in [6.07, 6.45) is 3.58. The van der Waals surface area contributed by atoms with Gasteiger partial charge >= 0.3 is 6.09 Å². The maximum atomic E-state index is 13.6. The quantitative estimate of drug-likeness (QED) is 0.694. The lowest BCUT2D eigenvalue weighted by molar-refractivity contribution is -0.128. The molecule has 1 saturated heterocycles. The second-order valence-corrected chi connectivity index (χ2v) is 9.25. The molecule has 1 aromatic rings. The molecule has 2 fully saturated rings. The number of likely N-dealkylation sites (tertiary alicyclic amines) is 1. The highest BCUT2D eigenvalue weighted by molar-refractivity contribution is 5.80. The molecule has 1 heterocycles. The van der Waals surface area contributed by atoms with Crippen LogP contribution >= 0.6 is 0 Å². The summed E-state index contributed by atoms with van der Waals surface area (Å²) in [4.78, 5) is 27.3. The van der Waals surface area contributed by atoms with Crippen molar-refractivity contribution in [3.8, 4) is 0 Å². The van der Waals surface area contributed by atoms with Crippen LogP contribution < -0.4 is 5.32 Å². The van der Waals surface area contributed by atoms with E-state index in [2.05, 4.69) is 5.32 Å². The summed E-state index contributed by atoms with van der Waals surface area (Å²) in [5.41, 5.74) is -0.636. The van der Waals surface area contributed by atoms with Crippen molar-refractivity contribution in [3.05, 3.63) is 35.4 Å². The van der Waals surface area contributed by atoms with Crippen LogP contribution in [-0.4, -0.2) is 40.8 Å². The molecular formula is C22H29F2N3O3. The van der Waals surface area contributed by atoms with Gasteiger partial charge in [0, 0.05) is 30.5 Å². The Hall–Kier alpha value is -2.51. The van der Waals surface area contributed by atoms with Crippen LogP contribution in [0.15, 0.2) is 18.2 Å². The van der Waals surface area contributed by atoms with Gasteiger partial charge in [0.2, 0.25) is 5.91 Å². The van der Waals surface area contributed by atoms with Crippen molar-refractivity contribution in [2.24, 2.45) is 5.92 Å². The van der Waals surface area contributed by atoms with Crippen LogP contribution in [0.1, 0.15) is 64.5 Å². The molecule has 1 aliphatic carbocycles. The van der Waals surface area contributed by atoms with Gasteiger partial charge in [-0.25, -0.2) is 13.6 Å². The molecule has 8 heteroatoms. The summed E-state index contributed by atoms with van der Waals surface area (Å²) in [5.74, 6) is -1.98. The number of hydrogen-bond acceptors (Lipinski definition) is 4. The highest BCUT2D eigenvalue weighted by Crippen LogP contribution is 2.50. The minimum atomic E-state index is -0.725. The number of halogens is 2. The standard InChI is InChI=1S/C22H29F2N3O3/c1-21(2,3)30-20(29)27-9-5-14(13-22(27)6-7-22)19(28)26-18(4-8-25)15-10-16(23)12-17(24)11-15/h8,10-12,14,18,25H,4-7,9,13H2,1-3H3,(H,26,28). The third-order valence-corrected chi connectivity index (χ3v) is 5.67. The summed E-state index contributed by atoms with van der Waals surface area (Å²) in [5, 5.41) is 10.2. The fourth-order valence-corrected chi connectivity index (χ4v) is 4.10. The first kappa shape index (κ1) is 22.2. The lowest BCUT2D eigenvalue weighted by Crippen LogP contribution is -2.52. The minimum Gasteiger partial charge on any atom is -0.444 e. The summed E-state index contributed by atoms with van der Waals surface area (Å²) >= 11 is 0. The Balaban J connectivity index is 1.67. The van der Waals surface area contributed by atoms with Crippen LogP contribution in [0.3, 0.4) is 0 Å². The van der Waals surface area contributed by atoms with Gasteiger partial charge in [0.25, 0.3) is 0 Å². The van der Waals surface area contributed by atoms with E-state index < -0.39 is 23.3 Å². The molecule has 0 bridgehead atoms. The first-order valence-electron chi connectivity index (χ1n) is 10.3. The molecule has 1 spiro atoms. The summed E-state index contributed by atoms with van der Waals surface area (Å²) in [7, 11) is 0.